The lowest BCUT2D eigenvalue weighted by Gasteiger charge is -2.33. The molecule has 1 unspecified atom stereocenters. The summed E-state index contributed by atoms with van der Waals surface area (Å²) in [5.41, 5.74) is -0.901. The molecule has 4 aromatic carbocycles. The Hall–Kier alpha value is -5.28. The number of hydrogen-bond acceptors (Lipinski definition) is 9. The fourth-order valence-corrected chi connectivity index (χ4v) is 4.58. The monoisotopic (exact) mass is 580 g/mol. The van der Waals surface area contributed by atoms with Crippen molar-refractivity contribution in [2.75, 3.05) is 6.61 Å². The number of carbonyl (C=O) groups is 4. The number of ether oxygens (including phenoxy) is 5. The van der Waals surface area contributed by atoms with E-state index in [1.807, 2.05) is 0 Å². The van der Waals surface area contributed by atoms with Gasteiger partial charge in [0.15, 0.2) is 6.10 Å². The van der Waals surface area contributed by atoms with Crippen molar-refractivity contribution in [2.24, 2.45) is 0 Å². The molecule has 0 radical (unpaired) electrons. The van der Waals surface area contributed by atoms with E-state index in [1.165, 1.54) is 6.92 Å². The van der Waals surface area contributed by atoms with Gasteiger partial charge < -0.3 is 23.7 Å². The van der Waals surface area contributed by atoms with Gasteiger partial charge in [0.2, 0.25) is 11.9 Å². The van der Waals surface area contributed by atoms with Gasteiger partial charge in [-0.05, 0) is 55.5 Å². The van der Waals surface area contributed by atoms with Gasteiger partial charge in [-0.15, -0.1) is 0 Å². The first kappa shape index (κ1) is 29.2. The lowest BCUT2D eigenvalue weighted by Crippen LogP contribution is -2.53. The molecule has 5 rings (SSSR count). The maximum atomic E-state index is 13.3. The molecular weight excluding hydrogens is 552 g/mol. The first-order valence-electron chi connectivity index (χ1n) is 13.5. The minimum Gasteiger partial charge on any atom is -0.459 e. The van der Waals surface area contributed by atoms with Gasteiger partial charge in [0.05, 0.1) is 22.3 Å². The Bertz CT molecular complexity index is 1560. The first-order chi connectivity index (χ1) is 20.8. The summed E-state index contributed by atoms with van der Waals surface area (Å²) in [6, 6.07) is 32.8. The van der Waals surface area contributed by atoms with Crippen molar-refractivity contribution in [1.82, 2.24) is 0 Å². The van der Waals surface area contributed by atoms with E-state index in [9.17, 15) is 19.2 Å². The zero-order valence-electron chi connectivity index (χ0n) is 23.2. The largest absolute Gasteiger partial charge is 0.459 e. The van der Waals surface area contributed by atoms with Crippen molar-refractivity contribution in [2.45, 2.75) is 31.0 Å². The maximum absolute atomic E-state index is 13.3. The molecule has 0 aliphatic carbocycles. The fraction of sp³-hybridized carbons (Fsp3) is 0.176. The minimum absolute atomic E-state index is 0.212. The molecule has 4 aromatic rings. The van der Waals surface area contributed by atoms with Crippen molar-refractivity contribution in [3.63, 3.8) is 0 Å². The molecule has 1 saturated heterocycles. The molecule has 1 aliphatic heterocycles. The van der Waals surface area contributed by atoms with E-state index in [-0.39, 0.29) is 16.7 Å². The van der Waals surface area contributed by atoms with Crippen LogP contribution in [-0.4, -0.2) is 54.6 Å². The highest BCUT2D eigenvalue weighted by Crippen LogP contribution is 2.39. The summed E-state index contributed by atoms with van der Waals surface area (Å²) in [7, 11) is 0. The number of rotatable bonds is 9. The Morgan fingerprint density at radius 1 is 0.581 bits per heavy atom. The normalized spacial score (nSPS) is 20.9. The summed E-state index contributed by atoms with van der Waals surface area (Å²) in [6.45, 7) is 1.04. The van der Waals surface area contributed by atoms with E-state index in [0.29, 0.717) is 5.56 Å². The topological polar surface area (TPSA) is 114 Å². The third-order valence-electron chi connectivity index (χ3n) is 6.85. The van der Waals surface area contributed by atoms with E-state index in [4.69, 9.17) is 23.7 Å². The Kier molecular flexibility index (Phi) is 8.93. The van der Waals surface area contributed by atoms with E-state index < -0.39 is 54.6 Å². The number of benzene rings is 4. The Balaban J connectivity index is 1.48. The highest BCUT2D eigenvalue weighted by molar-refractivity contribution is 5.91. The van der Waals surface area contributed by atoms with Crippen LogP contribution in [0.2, 0.25) is 0 Å². The number of carbonyl (C=O) groups excluding carboxylic acids is 4. The first-order valence-corrected chi connectivity index (χ1v) is 13.5. The maximum Gasteiger partial charge on any atom is 0.340 e. The predicted octanol–water partition coefficient (Wildman–Crippen LogP) is 5.27. The summed E-state index contributed by atoms with van der Waals surface area (Å²) < 4.78 is 29.1. The van der Waals surface area contributed by atoms with Gasteiger partial charge in [0.1, 0.15) is 12.7 Å². The molecule has 1 heterocycles. The fourth-order valence-electron chi connectivity index (χ4n) is 4.58. The van der Waals surface area contributed by atoms with Crippen LogP contribution in [0.25, 0.3) is 0 Å². The number of hydrogen-bond donors (Lipinski definition) is 0. The van der Waals surface area contributed by atoms with Crippen LogP contribution < -0.4 is 0 Å². The van der Waals surface area contributed by atoms with Gasteiger partial charge in [-0.25, -0.2) is 19.2 Å². The smallest absolute Gasteiger partial charge is 0.340 e. The SMILES string of the molecule is CC1(OC(=O)c2ccccc2)[C@H](OC(=O)c2ccccc2)O[C@H](COC(=O)c2ccccc2)[C@@H]1OC(=O)c1ccccc1. The van der Waals surface area contributed by atoms with Gasteiger partial charge in [-0.3, -0.25) is 0 Å². The highest BCUT2D eigenvalue weighted by atomic mass is 16.8. The Labute approximate surface area is 247 Å². The second-order valence-electron chi connectivity index (χ2n) is 9.87. The van der Waals surface area contributed by atoms with Crippen LogP contribution in [0.1, 0.15) is 48.4 Å². The van der Waals surface area contributed by atoms with Crippen molar-refractivity contribution >= 4 is 23.9 Å². The molecule has 9 nitrogen and oxygen atoms in total. The number of esters is 4. The van der Waals surface area contributed by atoms with Crippen molar-refractivity contribution in [1.29, 1.82) is 0 Å². The van der Waals surface area contributed by atoms with E-state index in [1.54, 1.807) is 121 Å². The molecule has 0 spiro atoms. The third-order valence-corrected chi connectivity index (χ3v) is 6.85. The molecular formula is C34H28O9. The van der Waals surface area contributed by atoms with Crippen molar-refractivity contribution < 1.29 is 42.9 Å². The van der Waals surface area contributed by atoms with Gasteiger partial charge in [-0.1, -0.05) is 72.8 Å². The molecule has 218 valence electrons. The molecule has 0 N–H and O–H groups in total. The molecule has 4 atom stereocenters. The molecule has 1 fully saturated rings. The summed E-state index contributed by atoms with van der Waals surface area (Å²) in [4.78, 5) is 52.5. The Morgan fingerprint density at radius 3 is 1.44 bits per heavy atom. The van der Waals surface area contributed by atoms with Crippen LogP contribution in [0.15, 0.2) is 121 Å². The van der Waals surface area contributed by atoms with Crippen LogP contribution in [0.5, 0.6) is 0 Å². The molecule has 43 heavy (non-hydrogen) atoms. The lowest BCUT2D eigenvalue weighted by molar-refractivity contribution is -0.175. The average Bonchev–Trinajstić information content (AvgIpc) is 3.30. The van der Waals surface area contributed by atoms with E-state index in [2.05, 4.69) is 0 Å². The lowest BCUT2D eigenvalue weighted by atomic mass is 9.96. The van der Waals surface area contributed by atoms with Gasteiger partial charge >= 0.3 is 23.9 Å². The zero-order chi connectivity index (χ0) is 30.2. The van der Waals surface area contributed by atoms with Crippen molar-refractivity contribution in [3.8, 4) is 0 Å². The Morgan fingerprint density at radius 2 is 0.977 bits per heavy atom. The molecule has 0 saturated carbocycles. The van der Waals surface area contributed by atoms with Crippen LogP contribution in [-0.2, 0) is 23.7 Å². The van der Waals surface area contributed by atoms with E-state index >= 15 is 0 Å². The van der Waals surface area contributed by atoms with E-state index in [0.717, 1.165) is 0 Å². The molecule has 0 bridgehead atoms. The summed E-state index contributed by atoms with van der Waals surface area (Å²) in [6.07, 6.45) is -4.07. The molecule has 0 amide bonds. The second kappa shape index (κ2) is 13.1. The van der Waals surface area contributed by atoms with Crippen LogP contribution in [0.3, 0.4) is 0 Å². The quantitative estimate of drug-likeness (QED) is 0.193. The molecule has 0 aromatic heterocycles. The average molecular weight is 581 g/mol. The van der Waals surface area contributed by atoms with Crippen LogP contribution >= 0.6 is 0 Å². The van der Waals surface area contributed by atoms with Crippen LogP contribution in [0.4, 0.5) is 0 Å². The van der Waals surface area contributed by atoms with Crippen molar-refractivity contribution in [3.05, 3.63) is 144 Å². The third kappa shape index (κ3) is 6.79. The predicted molar refractivity (Wildman–Crippen MR) is 153 cm³/mol. The van der Waals surface area contributed by atoms with Gasteiger partial charge in [-0.2, -0.15) is 0 Å². The molecule has 1 aliphatic rings. The summed E-state index contributed by atoms with van der Waals surface area (Å²) in [5, 5.41) is 0. The zero-order valence-corrected chi connectivity index (χ0v) is 23.2. The highest BCUT2D eigenvalue weighted by Gasteiger charge is 2.61. The summed E-state index contributed by atoms with van der Waals surface area (Å²) >= 11 is 0. The minimum atomic E-state index is -1.86. The molecule has 9 heteroatoms. The standard InChI is InChI=1S/C34H28O9/c1-34(43-32(38)26-20-12-5-13-21-26)28(41-30(36)24-16-8-3-9-17-24)27(22-39-29(35)23-14-6-2-7-15-23)40-33(34)42-31(37)25-18-10-4-11-19-25/h2-21,27-28,33H,22H2,1H3/t27-,28+,33+,34?/m1/s1. The van der Waals surface area contributed by atoms with Gasteiger partial charge in [0, 0.05) is 0 Å². The second-order valence-corrected chi connectivity index (χ2v) is 9.87. The summed E-state index contributed by atoms with van der Waals surface area (Å²) in [5.74, 6) is -2.92. The van der Waals surface area contributed by atoms with Gasteiger partial charge in [0.25, 0.3) is 0 Å². The van der Waals surface area contributed by atoms with Crippen LogP contribution in [0, 0.1) is 0 Å².